The molecular weight excluding hydrogens is 625 g/mol. The lowest BCUT2D eigenvalue weighted by Crippen LogP contribution is -2.05. The molecular formula is C29H49BN2O11P2. The van der Waals surface area contributed by atoms with Gasteiger partial charge in [0.2, 0.25) is 0 Å². The molecule has 0 aliphatic rings. The summed E-state index contributed by atoms with van der Waals surface area (Å²) in [6.07, 6.45) is -0.276. The predicted octanol–water partition coefficient (Wildman–Crippen LogP) is 7.18. The van der Waals surface area contributed by atoms with Crippen LogP contribution in [0, 0.1) is 0 Å². The van der Waals surface area contributed by atoms with Crippen molar-refractivity contribution in [1.82, 2.24) is 0 Å². The molecule has 0 atom stereocenters. The van der Waals surface area contributed by atoms with Gasteiger partial charge in [0, 0.05) is 6.61 Å². The van der Waals surface area contributed by atoms with Crippen molar-refractivity contribution in [2.45, 2.75) is 55.3 Å². The highest BCUT2D eigenvalue weighted by molar-refractivity contribution is 7.53. The van der Waals surface area contributed by atoms with E-state index in [0.29, 0.717) is 49.3 Å². The number of oxime groups is 2. The van der Waals surface area contributed by atoms with Gasteiger partial charge in [0.25, 0.3) is 0 Å². The monoisotopic (exact) mass is 674 g/mol. The molecule has 0 spiro atoms. The molecule has 2 rings (SSSR count). The van der Waals surface area contributed by atoms with Crippen LogP contribution < -0.4 is 9.47 Å². The average Bonchev–Trinajstić information content (AvgIpc) is 3.05. The lowest BCUT2D eigenvalue weighted by Gasteiger charge is -2.17. The van der Waals surface area contributed by atoms with Gasteiger partial charge in [-0.05, 0) is 108 Å². The normalized spacial score (nSPS) is 11.6. The molecule has 254 valence electrons. The zero-order chi connectivity index (χ0) is 34.7. The Kier molecular flexibility index (Phi) is 26.2. The molecule has 2 radical (unpaired) electrons. The Morgan fingerprint density at radius 1 is 0.622 bits per heavy atom. The number of aliphatic hydroxyl groups is 1. The molecule has 0 heterocycles. The Balaban J connectivity index is 0. The van der Waals surface area contributed by atoms with Crippen molar-refractivity contribution in [3.8, 4) is 11.5 Å². The van der Waals surface area contributed by atoms with E-state index in [9.17, 15) is 9.13 Å². The second-order valence-corrected chi connectivity index (χ2v) is 12.2. The van der Waals surface area contributed by atoms with Crippen LogP contribution in [-0.4, -0.2) is 80.5 Å². The Labute approximate surface area is 269 Å². The first kappa shape index (κ1) is 44.4. The number of rotatable bonds is 16. The SMILES string of the molecule is CCO.CCOP(=O)(COc1ccc(/C(C)=N/O)cc1)OCC.CCOP(=O)(COc1ccc(/C(C)=N/O)cc1)OCC.[B]C. The van der Waals surface area contributed by atoms with Crippen molar-refractivity contribution in [3.05, 3.63) is 59.7 Å². The van der Waals surface area contributed by atoms with Crippen LogP contribution in [0.25, 0.3) is 0 Å². The van der Waals surface area contributed by atoms with Crippen molar-refractivity contribution in [2.24, 2.45) is 10.3 Å². The molecule has 0 aliphatic carbocycles. The molecule has 2 aromatic carbocycles. The lowest BCUT2D eigenvalue weighted by molar-refractivity contribution is 0.196. The van der Waals surface area contributed by atoms with E-state index >= 15 is 0 Å². The third-order valence-corrected chi connectivity index (χ3v) is 8.42. The first-order valence-corrected chi connectivity index (χ1v) is 17.7. The standard InChI is InChI=1S/2C13H20NO5P.C2H6O.CH3B/c2*1-4-18-20(16,19-5-2)10-17-13-8-6-12(7-9-13)11(3)14-15;1-2-3;1-2/h2*6-9,15H,4-5,10H2,1-3H3;3H,2H2,1H3;1H3/b2*14-11+;;. The average molecular weight is 674 g/mol. The maximum Gasteiger partial charge on any atom is 0.367 e. The van der Waals surface area contributed by atoms with E-state index in [2.05, 4.69) is 18.2 Å². The van der Waals surface area contributed by atoms with Crippen molar-refractivity contribution in [3.63, 3.8) is 0 Å². The zero-order valence-corrected chi connectivity index (χ0v) is 29.3. The minimum Gasteiger partial charge on any atom is -0.481 e. The largest absolute Gasteiger partial charge is 0.481 e. The molecule has 0 aromatic heterocycles. The minimum absolute atomic E-state index is 0.138. The maximum atomic E-state index is 12.2. The smallest absolute Gasteiger partial charge is 0.367 e. The number of ether oxygens (including phenoxy) is 2. The third kappa shape index (κ3) is 19.4. The van der Waals surface area contributed by atoms with E-state index in [1.54, 1.807) is 97.0 Å². The van der Waals surface area contributed by atoms with E-state index in [1.165, 1.54) is 6.82 Å². The topological polar surface area (TPSA) is 175 Å². The molecule has 0 fully saturated rings. The van der Waals surface area contributed by atoms with Crippen molar-refractivity contribution in [2.75, 3.05) is 45.7 Å². The molecule has 3 N–H and O–H groups in total. The summed E-state index contributed by atoms with van der Waals surface area (Å²) in [7, 11) is -1.91. The maximum absolute atomic E-state index is 12.2. The Morgan fingerprint density at radius 3 is 1.07 bits per heavy atom. The fraction of sp³-hybridized carbons (Fsp3) is 0.517. The summed E-state index contributed by atoms with van der Waals surface area (Å²) in [6, 6.07) is 13.8. The van der Waals surface area contributed by atoms with Crippen LogP contribution >= 0.6 is 15.2 Å². The van der Waals surface area contributed by atoms with Crippen LogP contribution in [0.15, 0.2) is 58.8 Å². The van der Waals surface area contributed by atoms with Gasteiger partial charge in [0.05, 0.1) is 45.7 Å². The summed E-state index contributed by atoms with van der Waals surface area (Å²) in [5.74, 6) is 1.08. The van der Waals surface area contributed by atoms with Gasteiger partial charge in [0.15, 0.2) is 12.7 Å². The quantitative estimate of drug-likeness (QED) is 0.0541. The van der Waals surface area contributed by atoms with E-state index in [0.717, 1.165) is 11.1 Å². The molecule has 0 bridgehead atoms. The summed E-state index contributed by atoms with van der Waals surface area (Å²) in [5.41, 5.74) is 2.56. The van der Waals surface area contributed by atoms with Crippen LogP contribution in [0.5, 0.6) is 11.5 Å². The summed E-state index contributed by atoms with van der Waals surface area (Å²) >= 11 is 0. The zero-order valence-electron chi connectivity index (χ0n) is 27.5. The van der Waals surface area contributed by atoms with E-state index in [1.807, 2.05) is 0 Å². The van der Waals surface area contributed by atoms with Crippen LogP contribution in [0.4, 0.5) is 0 Å². The first-order valence-electron chi connectivity index (χ1n) is 14.3. The van der Waals surface area contributed by atoms with Gasteiger partial charge in [-0.1, -0.05) is 17.1 Å². The summed E-state index contributed by atoms with van der Waals surface area (Å²) in [4.78, 5) is 0. The van der Waals surface area contributed by atoms with Crippen LogP contribution in [0.1, 0.15) is 59.6 Å². The summed E-state index contributed by atoms with van der Waals surface area (Å²) in [5, 5.41) is 31.1. The molecule has 0 unspecified atom stereocenters. The Morgan fingerprint density at radius 2 is 0.867 bits per heavy atom. The number of hydrogen-bond donors (Lipinski definition) is 3. The molecule has 2 aromatic rings. The fourth-order valence-corrected chi connectivity index (χ4v) is 5.65. The molecule has 0 amide bonds. The number of aliphatic hydroxyl groups excluding tert-OH is 1. The third-order valence-electron chi connectivity index (χ3n) is 4.93. The van der Waals surface area contributed by atoms with E-state index < -0.39 is 15.2 Å². The molecule has 13 nitrogen and oxygen atoms in total. The lowest BCUT2D eigenvalue weighted by atomic mass is 10.1. The highest BCUT2D eigenvalue weighted by Crippen LogP contribution is 2.48. The summed E-state index contributed by atoms with van der Waals surface area (Å²) < 4.78 is 55.7. The van der Waals surface area contributed by atoms with Gasteiger partial charge < -0.3 is 43.1 Å². The van der Waals surface area contributed by atoms with Crippen LogP contribution in [-0.2, 0) is 27.2 Å². The second-order valence-electron chi connectivity index (χ2n) is 8.18. The highest BCUT2D eigenvalue weighted by Gasteiger charge is 2.25. The number of benzene rings is 2. The van der Waals surface area contributed by atoms with Gasteiger partial charge in [-0.25, -0.2) is 0 Å². The van der Waals surface area contributed by atoms with Gasteiger partial charge in [0.1, 0.15) is 11.5 Å². The highest BCUT2D eigenvalue weighted by atomic mass is 31.2. The predicted molar refractivity (Wildman–Crippen MR) is 178 cm³/mol. The summed E-state index contributed by atoms with van der Waals surface area (Å²) in [6.45, 7) is 15.0. The number of hydrogen-bond acceptors (Lipinski definition) is 13. The molecule has 0 aliphatic heterocycles. The van der Waals surface area contributed by atoms with Gasteiger partial charge >= 0.3 is 15.2 Å². The second kappa shape index (κ2) is 26.5. The Bertz CT molecular complexity index is 1070. The number of nitrogens with zero attached hydrogens (tertiary/aromatic N) is 2. The molecule has 0 saturated heterocycles. The van der Waals surface area contributed by atoms with Crippen molar-refractivity contribution < 1.29 is 52.2 Å². The van der Waals surface area contributed by atoms with Gasteiger partial charge in [-0.2, -0.15) is 0 Å². The molecule has 16 heteroatoms. The van der Waals surface area contributed by atoms with E-state index in [4.69, 9.17) is 43.1 Å². The molecule has 0 saturated carbocycles. The fourth-order valence-electron chi connectivity index (χ4n) is 3.02. The van der Waals surface area contributed by atoms with Gasteiger partial charge in [-0.15, -0.1) is 0 Å². The van der Waals surface area contributed by atoms with Gasteiger partial charge in [-0.3, -0.25) is 9.13 Å². The van der Waals surface area contributed by atoms with Crippen molar-refractivity contribution >= 4 is 34.5 Å². The van der Waals surface area contributed by atoms with Crippen LogP contribution in [0.2, 0.25) is 6.82 Å². The van der Waals surface area contributed by atoms with E-state index in [-0.39, 0.29) is 19.3 Å². The molecule has 45 heavy (non-hydrogen) atoms. The van der Waals surface area contributed by atoms with Crippen molar-refractivity contribution in [1.29, 1.82) is 0 Å². The first-order chi connectivity index (χ1) is 21.5. The van der Waals surface area contributed by atoms with Crippen LogP contribution in [0.3, 0.4) is 0 Å². The minimum atomic E-state index is -3.21. The Hall–Kier alpha value is -2.70.